The Morgan fingerprint density at radius 3 is 2.50 bits per heavy atom. The summed E-state index contributed by atoms with van der Waals surface area (Å²) in [6.45, 7) is 0.450. The van der Waals surface area contributed by atoms with E-state index in [1.54, 1.807) is 12.1 Å². The molecule has 0 radical (unpaired) electrons. The molecule has 5 nitrogen and oxygen atoms in total. The molecule has 0 saturated carbocycles. The van der Waals surface area contributed by atoms with E-state index < -0.39 is 6.16 Å². The van der Waals surface area contributed by atoms with Gasteiger partial charge in [0.05, 0.1) is 6.61 Å². The standard InChI is InChI=1S/C28H22FNO4/c29-20-15-13-19(14-16-20)22-9-4-11-24-26(22)23(27(30-24)34-28(31)32)10-5-17-33-25-12-3-7-18-6-1-2-8-21(18)25/h1-4,6-9,11-16,30H,5,10,17H2,(H,31,32). The van der Waals surface area contributed by atoms with Gasteiger partial charge < -0.3 is 19.6 Å². The number of aryl methyl sites for hydroxylation is 1. The normalized spacial score (nSPS) is 11.1. The largest absolute Gasteiger partial charge is 0.512 e. The second kappa shape index (κ2) is 9.27. The number of ether oxygens (including phenoxy) is 2. The van der Waals surface area contributed by atoms with E-state index in [4.69, 9.17) is 9.47 Å². The first-order valence-electron chi connectivity index (χ1n) is 11.0. The van der Waals surface area contributed by atoms with E-state index in [0.717, 1.165) is 44.1 Å². The zero-order valence-electron chi connectivity index (χ0n) is 18.3. The average molecular weight is 455 g/mol. The van der Waals surface area contributed by atoms with Gasteiger partial charge in [0.2, 0.25) is 5.88 Å². The van der Waals surface area contributed by atoms with Crippen LogP contribution in [0, 0.1) is 5.82 Å². The first-order valence-corrected chi connectivity index (χ1v) is 11.0. The van der Waals surface area contributed by atoms with Crippen molar-refractivity contribution >= 4 is 27.8 Å². The Balaban J connectivity index is 1.44. The van der Waals surface area contributed by atoms with Gasteiger partial charge in [0, 0.05) is 21.9 Å². The molecule has 34 heavy (non-hydrogen) atoms. The van der Waals surface area contributed by atoms with Gasteiger partial charge in [-0.2, -0.15) is 0 Å². The van der Waals surface area contributed by atoms with Crippen molar-refractivity contribution in [1.29, 1.82) is 0 Å². The summed E-state index contributed by atoms with van der Waals surface area (Å²) in [4.78, 5) is 14.4. The van der Waals surface area contributed by atoms with Crippen LogP contribution in [-0.4, -0.2) is 22.9 Å². The number of carboxylic acid groups (broad SMARTS) is 1. The van der Waals surface area contributed by atoms with Crippen LogP contribution in [0.2, 0.25) is 0 Å². The number of carbonyl (C=O) groups is 1. The molecular formula is C28H22FNO4. The number of aromatic amines is 1. The maximum Gasteiger partial charge on any atom is 0.512 e. The van der Waals surface area contributed by atoms with E-state index in [1.165, 1.54) is 12.1 Å². The van der Waals surface area contributed by atoms with Crippen molar-refractivity contribution in [2.75, 3.05) is 6.61 Å². The Bertz CT molecular complexity index is 1470. The molecule has 0 spiro atoms. The summed E-state index contributed by atoms with van der Waals surface area (Å²) in [7, 11) is 0. The van der Waals surface area contributed by atoms with E-state index in [1.807, 2.05) is 60.7 Å². The first kappa shape index (κ1) is 21.5. The van der Waals surface area contributed by atoms with Crippen LogP contribution in [0.3, 0.4) is 0 Å². The quantitative estimate of drug-likeness (QED) is 0.201. The monoisotopic (exact) mass is 455 g/mol. The minimum Gasteiger partial charge on any atom is -0.493 e. The summed E-state index contributed by atoms with van der Waals surface area (Å²) in [6.07, 6.45) is -0.210. The lowest BCUT2D eigenvalue weighted by Crippen LogP contribution is -2.06. The second-order valence-corrected chi connectivity index (χ2v) is 7.96. The van der Waals surface area contributed by atoms with Crippen LogP contribution in [0.25, 0.3) is 32.8 Å². The Labute approximate surface area is 195 Å². The molecule has 5 aromatic rings. The maximum atomic E-state index is 13.5. The predicted octanol–water partition coefficient (Wildman–Crippen LogP) is 7.20. The highest BCUT2D eigenvalue weighted by molar-refractivity contribution is 5.99. The fourth-order valence-electron chi connectivity index (χ4n) is 4.33. The molecule has 5 rings (SSSR count). The molecule has 6 heteroatoms. The predicted molar refractivity (Wildman–Crippen MR) is 130 cm³/mol. The number of benzene rings is 4. The summed E-state index contributed by atoms with van der Waals surface area (Å²) in [5, 5.41) is 12.3. The van der Waals surface area contributed by atoms with E-state index in [2.05, 4.69) is 4.98 Å². The van der Waals surface area contributed by atoms with Gasteiger partial charge in [0.1, 0.15) is 11.6 Å². The van der Waals surface area contributed by atoms with Gasteiger partial charge in [-0.3, -0.25) is 0 Å². The molecule has 0 saturated heterocycles. The van der Waals surface area contributed by atoms with Crippen LogP contribution < -0.4 is 9.47 Å². The minimum atomic E-state index is -1.39. The topological polar surface area (TPSA) is 71.5 Å². The summed E-state index contributed by atoms with van der Waals surface area (Å²) < 4.78 is 24.6. The molecule has 1 aromatic heterocycles. The third-order valence-corrected chi connectivity index (χ3v) is 5.81. The van der Waals surface area contributed by atoms with Gasteiger partial charge in [0.15, 0.2) is 0 Å². The van der Waals surface area contributed by atoms with E-state index in [-0.39, 0.29) is 11.7 Å². The molecule has 0 aliphatic carbocycles. The molecule has 2 N–H and O–H groups in total. The molecule has 0 fully saturated rings. The van der Waals surface area contributed by atoms with Gasteiger partial charge in [-0.1, -0.05) is 60.7 Å². The van der Waals surface area contributed by atoms with Gasteiger partial charge in [-0.05, 0) is 53.6 Å². The van der Waals surface area contributed by atoms with Crippen LogP contribution in [-0.2, 0) is 6.42 Å². The van der Waals surface area contributed by atoms with Crippen molar-refractivity contribution in [2.45, 2.75) is 12.8 Å². The second-order valence-electron chi connectivity index (χ2n) is 7.96. The highest BCUT2D eigenvalue weighted by Gasteiger charge is 2.19. The van der Waals surface area contributed by atoms with Crippen molar-refractivity contribution in [1.82, 2.24) is 4.98 Å². The molecular weight excluding hydrogens is 433 g/mol. The first-order chi connectivity index (χ1) is 16.6. The van der Waals surface area contributed by atoms with Gasteiger partial charge in [0.25, 0.3) is 0 Å². The molecule has 0 aliphatic rings. The number of aromatic nitrogens is 1. The van der Waals surface area contributed by atoms with Crippen LogP contribution >= 0.6 is 0 Å². The number of fused-ring (bicyclic) bond motifs is 2. The number of H-pyrrole nitrogens is 1. The van der Waals surface area contributed by atoms with Crippen LogP contribution in [0.1, 0.15) is 12.0 Å². The van der Waals surface area contributed by atoms with Crippen molar-refractivity contribution < 1.29 is 23.8 Å². The summed E-state index contributed by atoms with van der Waals surface area (Å²) in [6, 6.07) is 25.9. The number of hydrogen-bond acceptors (Lipinski definition) is 3. The molecule has 1 heterocycles. The third kappa shape index (κ3) is 4.30. The lowest BCUT2D eigenvalue weighted by molar-refractivity contribution is 0.142. The molecule has 170 valence electrons. The zero-order valence-corrected chi connectivity index (χ0v) is 18.3. The van der Waals surface area contributed by atoms with Crippen molar-refractivity contribution in [3.05, 3.63) is 96.3 Å². The maximum absolute atomic E-state index is 13.5. The van der Waals surface area contributed by atoms with E-state index >= 15 is 0 Å². The summed E-state index contributed by atoms with van der Waals surface area (Å²) in [5.74, 6) is 0.693. The van der Waals surface area contributed by atoms with E-state index in [9.17, 15) is 14.3 Å². The van der Waals surface area contributed by atoms with Crippen LogP contribution in [0.4, 0.5) is 9.18 Å². The lowest BCUT2D eigenvalue weighted by atomic mass is 9.97. The van der Waals surface area contributed by atoms with Crippen molar-refractivity contribution in [2.24, 2.45) is 0 Å². The van der Waals surface area contributed by atoms with Gasteiger partial charge in [-0.15, -0.1) is 0 Å². The highest BCUT2D eigenvalue weighted by atomic mass is 19.1. The Morgan fingerprint density at radius 2 is 1.68 bits per heavy atom. The van der Waals surface area contributed by atoms with Crippen LogP contribution in [0.5, 0.6) is 11.6 Å². The number of rotatable bonds is 7. The molecule has 0 bridgehead atoms. The molecule has 4 aromatic carbocycles. The number of halogens is 1. The number of hydrogen-bond donors (Lipinski definition) is 2. The Kier molecular flexibility index (Phi) is 5.87. The lowest BCUT2D eigenvalue weighted by Gasteiger charge is -2.11. The fraction of sp³-hybridized carbons (Fsp3) is 0.107. The molecule has 0 amide bonds. The zero-order chi connectivity index (χ0) is 23.5. The highest BCUT2D eigenvalue weighted by Crippen LogP contribution is 2.37. The van der Waals surface area contributed by atoms with Crippen LogP contribution in [0.15, 0.2) is 84.9 Å². The van der Waals surface area contributed by atoms with Gasteiger partial charge in [-0.25, -0.2) is 9.18 Å². The van der Waals surface area contributed by atoms with Crippen molar-refractivity contribution in [3.63, 3.8) is 0 Å². The van der Waals surface area contributed by atoms with E-state index in [0.29, 0.717) is 19.4 Å². The molecule has 0 unspecified atom stereocenters. The van der Waals surface area contributed by atoms with Gasteiger partial charge >= 0.3 is 6.16 Å². The number of nitrogens with one attached hydrogen (secondary N) is 1. The third-order valence-electron chi connectivity index (χ3n) is 5.81. The molecule has 0 atom stereocenters. The SMILES string of the molecule is O=C(O)Oc1[nH]c2cccc(-c3ccc(F)cc3)c2c1CCCOc1cccc2ccccc12. The summed E-state index contributed by atoms with van der Waals surface area (Å²) >= 11 is 0. The Hall–Kier alpha value is -4.32. The fourth-order valence-corrected chi connectivity index (χ4v) is 4.33. The minimum absolute atomic E-state index is 0.197. The van der Waals surface area contributed by atoms with Crippen molar-refractivity contribution in [3.8, 4) is 22.8 Å². The summed E-state index contributed by atoms with van der Waals surface area (Å²) in [5.41, 5.74) is 3.21. The smallest absolute Gasteiger partial charge is 0.493 e. The molecule has 0 aliphatic heterocycles. The Morgan fingerprint density at radius 1 is 0.912 bits per heavy atom. The average Bonchev–Trinajstić information content (AvgIpc) is 3.19.